The molecule has 0 bridgehead atoms. The molecular formula is C6H11IO3. The van der Waals surface area contributed by atoms with Crippen LogP contribution < -0.4 is 0 Å². The van der Waals surface area contributed by atoms with Crippen LogP contribution in [0.1, 0.15) is 20.3 Å². The van der Waals surface area contributed by atoms with Gasteiger partial charge < -0.3 is 9.84 Å². The summed E-state index contributed by atoms with van der Waals surface area (Å²) >= 11 is 2.19. The molecule has 4 heteroatoms. The Balaban J connectivity index is 3.74. The number of ether oxygens (including phenoxy) is 1. The number of alkyl halides is 1. The van der Waals surface area contributed by atoms with Crippen LogP contribution in [0.3, 0.4) is 0 Å². The van der Waals surface area contributed by atoms with Crippen LogP contribution in [-0.2, 0) is 4.74 Å². The lowest BCUT2D eigenvalue weighted by molar-refractivity contribution is 0.00292. The summed E-state index contributed by atoms with van der Waals surface area (Å²) in [5, 5.41) is 8.25. The van der Waals surface area contributed by atoms with Crippen LogP contribution in [0.2, 0.25) is 0 Å². The second-order valence-corrected chi connectivity index (χ2v) is 3.65. The molecule has 3 nitrogen and oxygen atoms in total. The third kappa shape index (κ3) is 4.84. The molecular weight excluding hydrogens is 247 g/mol. The maximum Gasteiger partial charge on any atom is 0.506 e. The molecule has 0 unspecified atom stereocenters. The average molecular weight is 258 g/mol. The van der Waals surface area contributed by atoms with Crippen molar-refractivity contribution in [2.45, 2.75) is 25.9 Å². The number of halogens is 1. The van der Waals surface area contributed by atoms with E-state index in [0.29, 0.717) is 0 Å². The molecule has 0 amide bonds. The Morgan fingerprint density at radius 1 is 1.70 bits per heavy atom. The molecule has 0 aromatic rings. The van der Waals surface area contributed by atoms with Gasteiger partial charge in [-0.3, -0.25) is 0 Å². The van der Waals surface area contributed by atoms with Gasteiger partial charge in [0.05, 0.1) is 0 Å². The molecule has 0 saturated heterocycles. The molecule has 0 heterocycles. The normalized spacial score (nSPS) is 11.1. The number of rotatable bonds is 3. The highest BCUT2D eigenvalue weighted by Gasteiger charge is 2.20. The van der Waals surface area contributed by atoms with Crippen molar-refractivity contribution in [2.75, 3.05) is 4.43 Å². The zero-order valence-corrected chi connectivity index (χ0v) is 8.21. The van der Waals surface area contributed by atoms with E-state index in [0.717, 1.165) is 10.8 Å². The van der Waals surface area contributed by atoms with Gasteiger partial charge in [0.25, 0.3) is 0 Å². The van der Waals surface area contributed by atoms with Crippen LogP contribution in [-0.4, -0.2) is 21.3 Å². The van der Waals surface area contributed by atoms with Crippen molar-refractivity contribution in [2.24, 2.45) is 0 Å². The third-order valence-electron chi connectivity index (χ3n) is 1.06. The molecule has 0 aromatic heterocycles. The van der Waals surface area contributed by atoms with Gasteiger partial charge in [-0.25, -0.2) is 4.79 Å². The third-order valence-corrected chi connectivity index (χ3v) is 1.60. The van der Waals surface area contributed by atoms with Crippen LogP contribution in [0.15, 0.2) is 0 Å². The number of carbonyl (C=O) groups is 1. The van der Waals surface area contributed by atoms with E-state index in [2.05, 4.69) is 27.3 Å². The van der Waals surface area contributed by atoms with Crippen LogP contribution >= 0.6 is 22.6 Å². The summed E-state index contributed by atoms with van der Waals surface area (Å²) in [5.41, 5.74) is -0.535. The largest absolute Gasteiger partial charge is 0.506 e. The van der Waals surface area contributed by atoms with Gasteiger partial charge in [-0.2, -0.15) is 0 Å². The number of hydrogen-bond acceptors (Lipinski definition) is 2. The van der Waals surface area contributed by atoms with Gasteiger partial charge in [0.2, 0.25) is 0 Å². The van der Waals surface area contributed by atoms with Crippen molar-refractivity contribution < 1.29 is 14.6 Å². The molecule has 10 heavy (non-hydrogen) atoms. The Hall–Kier alpha value is 0. The van der Waals surface area contributed by atoms with Crippen LogP contribution in [0.5, 0.6) is 0 Å². The molecule has 60 valence electrons. The van der Waals surface area contributed by atoms with Crippen LogP contribution in [0.4, 0.5) is 4.79 Å². The Morgan fingerprint density at radius 3 is 2.50 bits per heavy atom. The molecule has 0 aliphatic rings. The fraction of sp³-hybridized carbons (Fsp3) is 0.833. The summed E-state index contributed by atoms with van der Waals surface area (Å²) in [6.07, 6.45) is -0.449. The standard InChI is InChI=1S/C6H11IO3/c1-6(2,3-4-7)10-5(8)9/h3-4H2,1-2H3,(H,8,9). The van der Waals surface area contributed by atoms with E-state index in [9.17, 15) is 4.79 Å². The molecule has 0 radical (unpaired) electrons. The minimum atomic E-state index is -1.20. The summed E-state index contributed by atoms with van der Waals surface area (Å²) in [7, 11) is 0. The Morgan fingerprint density at radius 2 is 2.20 bits per heavy atom. The highest BCUT2D eigenvalue weighted by Crippen LogP contribution is 2.15. The van der Waals surface area contributed by atoms with Crippen LogP contribution in [0, 0.1) is 0 Å². The molecule has 0 saturated carbocycles. The average Bonchev–Trinajstić information content (AvgIpc) is 1.59. The van der Waals surface area contributed by atoms with Gasteiger partial charge in [0.15, 0.2) is 0 Å². The zero-order chi connectivity index (χ0) is 8.20. The molecule has 0 aromatic carbocycles. The first-order valence-corrected chi connectivity index (χ1v) is 4.48. The fourth-order valence-corrected chi connectivity index (χ4v) is 1.81. The predicted molar refractivity (Wildman–Crippen MR) is 46.7 cm³/mol. The topological polar surface area (TPSA) is 46.5 Å². The van der Waals surface area contributed by atoms with Gasteiger partial charge >= 0.3 is 6.16 Å². The van der Waals surface area contributed by atoms with E-state index in [4.69, 9.17) is 5.11 Å². The van der Waals surface area contributed by atoms with Crippen LogP contribution in [0.25, 0.3) is 0 Å². The van der Waals surface area contributed by atoms with Gasteiger partial charge in [-0.05, 0) is 20.3 Å². The van der Waals surface area contributed by atoms with Gasteiger partial charge in [0, 0.05) is 4.43 Å². The molecule has 0 spiro atoms. The first-order valence-electron chi connectivity index (χ1n) is 2.96. The fourth-order valence-electron chi connectivity index (χ4n) is 0.515. The highest BCUT2D eigenvalue weighted by molar-refractivity contribution is 14.1. The Labute approximate surface area is 73.9 Å². The lowest BCUT2D eigenvalue weighted by atomic mass is 10.1. The maximum absolute atomic E-state index is 10.1. The van der Waals surface area contributed by atoms with Crippen molar-refractivity contribution in [1.82, 2.24) is 0 Å². The molecule has 0 fully saturated rings. The summed E-state index contributed by atoms with van der Waals surface area (Å²) in [5.74, 6) is 0. The zero-order valence-electron chi connectivity index (χ0n) is 6.06. The molecule has 1 N–H and O–H groups in total. The minimum absolute atomic E-state index is 0.535. The van der Waals surface area contributed by atoms with E-state index in [1.807, 2.05) is 0 Å². The van der Waals surface area contributed by atoms with E-state index < -0.39 is 11.8 Å². The van der Waals surface area contributed by atoms with Gasteiger partial charge in [0.1, 0.15) is 5.60 Å². The van der Waals surface area contributed by atoms with E-state index >= 15 is 0 Å². The predicted octanol–water partition coefficient (Wildman–Crippen LogP) is 2.28. The Bertz CT molecular complexity index is 122. The summed E-state index contributed by atoms with van der Waals surface area (Å²) in [4.78, 5) is 10.1. The van der Waals surface area contributed by atoms with Gasteiger partial charge in [-0.15, -0.1) is 0 Å². The first-order chi connectivity index (χ1) is 4.48. The number of hydrogen-bond donors (Lipinski definition) is 1. The maximum atomic E-state index is 10.1. The van der Waals surface area contributed by atoms with Crippen molar-refractivity contribution in [3.63, 3.8) is 0 Å². The smallest absolute Gasteiger partial charge is 0.450 e. The highest BCUT2D eigenvalue weighted by atomic mass is 127. The summed E-state index contributed by atoms with van der Waals surface area (Å²) in [6.45, 7) is 3.53. The lowest BCUT2D eigenvalue weighted by Gasteiger charge is -2.21. The minimum Gasteiger partial charge on any atom is -0.450 e. The second-order valence-electron chi connectivity index (χ2n) is 2.57. The molecule has 0 aliphatic heterocycles. The van der Waals surface area contributed by atoms with E-state index in [1.165, 1.54) is 0 Å². The summed E-state index contributed by atoms with van der Waals surface area (Å²) in [6, 6.07) is 0. The second kappa shape index (κ2) is 4.00. The van der Waals surface area contributed by atoms with Crippen molar-refractivity contribution in [3.05, 3.63) is 0 Å². The Kier molecular flexibility index (Phi) is 4.00. The monoisotopic (exact) mass is 258 g/mol. The van der Waals surface area contributed by atoms with Crippen molar-refractivity contribution in [3.8, 4) is 0 Å². The molecule has 0 rings (SSSR count). The van der Waals surface area contributed by atoms with Crippen molar-refractivity contribution >= 4 is 28.7 Å². The first kappa shape index (κ1) is 10.0. The van der Waals surface area contributed by atoms with Crippen molar-refractivity contribution in [1.29, 1.82) is 0 Å². The number of carboxylic acid groups (broad SMARTS) is 1. The summed E-state index contributed by atoms with van der Waals surface area (Å²) < 4.78 is 5.49. The SMILES string of the molecule is CC(C)(CCI)OC(=O)O. The quantitative estimate of drug-likeness (QED) is 0.480. The molecule has 0 atom stereocenters. The lowest BCUT2D eigenvalue weighted by Crippen LogP contribution is -2.27. The van der Waals surface area contributed by atoms with E-state index in [-0.39, 0.29) is 0 Å². The molecule has 0 aliphatic carbocycles. The van der Waals surface area contributed by atoms with E-state index in [1.54, 1.807) is 13.8 Å². The van der Waals surface area contributed by atoms with Gasteiger partial charge in [-0.1, -0.05) is 22.6 Å².